The van der Waals surface area contributed by atoms with E-state index in [4.69, 9.17) is 0 Å². The molecule has 0 aliphatic rings. The molecule has 0 heterocycles. The number of anilines is 2. The zero-order valence-corrected chi connectivity index (χ0v) is 13.7. The monoisotopic (exact) mass is 342 g/mol. The minimum Gasteiger partial charge on any atom is -0.355 e. The molecule has 130 valence electrons. The third kappa shape index (κ3) is 4.04. The Kier molecular flexibility index (Phi) is 6.76. The van der Waals surface area contributed by atoms with E-state index in [1.165, 1.54) is 19.2 Å². The third-order valence-corrected chi connectivity index (χ3v) is 3.01. The molecule has 24 heavy (non-hydrogen) atoms. The summed E-state index contributed by atoms with van der Waals surface area (Å²) in [5.41, 5.74) is -1.10. The van der Waals surface area contributed by atoms with Crippen molar-refractivity contribution in [3.8, 4) is 0 Å². The van der Waals surface area contributed by atoms with Crippen molar-refractivity contribution in [1.29, 1.82) is 0 Å². The Hall–Kier alpha value is -2.57. The van der Waals surface area contributed by atoms with Crippen molar-refractivity contribution >= 4 is 17.3 Å². The van der Waals surface area contributed by atoms with Crippen molar-refractivity contribution in [3.05, 3.63) is 58.7 Å². The standard InChI is InChI=1S/C15H12F4N2O.C2H6/c1-7-3-4-11(8(16)5-7)21-14-12(15(22)20-2)9(17)6-10(18)13(14)19;1-2/h3-6,21H,1-2H3,(H,20,22);1-2H3. The number of hydrogen-bond donors (Lipinski definition) is 2. The molecule has 2 rings (SSSR count). The van der Waals surface area contributed by atoms with Crippen LogP contribution in [-0.4, -0.2) is 13.0 Å². The Bertz CT molecular complexity index is 748. The molecule has 0 aliphatic heterocycles. The summed E-state index contributed by atoms with van der Waals surface area (Å²) in [6.07, 6.45) is 0. The molecule has 2 N–H and O–H groups in total. The van der Waals surface area contributed by atoms with Crippen molar-refractivity contribution in [2.24, 2.45) is 0 Å². The first-order valence-corrected chi connectivity index (χ1v) is 7.28. The molecule has 2 aromatic carbocycles. The maximum absolute atomic E-state index is 13.9. The van der Waals surface area contributed by atoms with E-state index in [2.05, 4.69) is 10.6 Å². The van der Waals surface area contributed by atoms with Gasteiger partial charge in [0.1, 0.15) is 17.2 Å². The minimum absolute atomic E-state index is 0.209. The molecule has 0 spiro atoms. The van der Waals surface area contributed by atoms with Gasteiger partial charge in [0.15, 0.2) is 11.6 Å². The number of rotatable bonds is 3. The lowest BCUT2D eigenvalue weighted by Crippen LogP contribution is -2.22. The van der Waals surface area contributed by atoms with Gasteiger partial charge in [-0.2, -0.15) is 0 Å². The molecule has 2 aromatic rings. The Morgan fingerprint density at radius 3 is 2.12 bits per heavy atom. The number of amides is 1. The maximum Gasteiger partial charge on any atom is 0.256 e. The Morgan fingerprint density at radius 1 is 0.958 bits per heavy atom. The summed E-state index contributed by atoms with van der Waals surface area (Å²) in [5.74, 6) is -5.92. The molecule has 0 aliphatic carbocycles. The molecule has 0 fully saturated rings. The molecule has 7 heteroatoms. The van der Waals surface area contributed by atoms with Gasteiger partial charge in [-0.25, -0.2) is 17.6 Å². The predicted octanol–water partition coefficient (Wildman–Crippen LogP) is 4.68. The van der Waals surface area contributed by atoms with Gasteiger partial charge >= 0.3 is 0 Å². The highest BCUT2D eigenvalue weighted by molar-refractivity contribution is 6.00. The lowest BCUT2D eigenvalue weighted by atomic mass is 10.1. The van der Waals surface area contributed by atoms with Crippen LogP contribution in [0.2, 0.25) is 0 Å². The molecule has 1 amide bonds. The van der Waals surface area contributed by atoms with E-state index >= 15 is 0 Å². The topological polar surface area (TPSA) is 41.1 Å². The molecule has 0 saturated carbocycles. The normalized spacial score (nSPS) is 9.83. The van der Waals surface area contributed by atoms with E-state index < -0.39 is 40.4 Å². The lowest BCUT2D eigenvalue weighted by Gasteiger charge is -2.14. The summed E-state index contributed by atoms with van der Waals surface area (Å²) < 4.78 is 54.9. The summed E-state index contributed by atoms with van der Waals surface area (Å²) in [6, 6.07) is 4.23. The molecular formula is C17H18F4N2O. The van der Waals surface area contributed by atoms with E-state index in [0.29, 0.717) is 5.56 Å². The predicted molar refractivity (Wildman–Crippen MR) is 85.5 cm³/mol. The van der Waals surface area contributed by atoms with E-state index in [1.807, 2.05) is 13.8 Å². The van der Waals surface area contributed by atoms with Gasteiger partial charge in [-0.05, 0) is 24.6 Å². The van der Waals surface area contributed by atoms with Crippen LogP contribution in [0.15, 0.2) is 24.3 Å². The molecular weight excluding hydrogens is 324 g/mol. The molecule has 0 atom stereocenters. The second-order valence-corrected chi connectivity index (χ2v) is 4.59. The van der Waals surface area contributed by atoms with Crippen LogP contribution in [0, 0.1) is 30.2 Å². The smallest absolute Gasteiger partial charge is 0.256 e. The van der Waals surface area contributed by atoms with Gasteiger partial charge in [0.2, 0.25) is 0 Å². The molecule has 0 aromatic heterocycles. The quantitative estimate of drug-likeness (QED) is 0.628. The Balaban J connectivity index is 0.00000139. The van der Waals surface area contributed by atoms with E-state index in [-0.39, 0.29) is 11.8 Å². The number of halogens is 4. The summed E-state index contributed by atoms with van der Waals surface area (Å²) in [4.78, 5) is 11.7. The third-order valence-electron chi connectivity index (χ3n) is 3.01. The number of hydrogen-bond acceptors (Lipinski definition) is 2. The fraction of sp³-hybridized carbons (Fsp3) is 0.235. The van der Waals surface area contributed by atoms with E-state index in [1.54, 1.807) is 6.92 Å². The fourth-order valence-electron chi connectivity index (χ4n) is 1.92. The average molecular weight is 342 g/mol. The molecule has 0 unspecified atom stereocenters. The van der Waals surface area contributed by atoms with Crippen LogP contribution in [-0.2, 0) is 0 Å². The summed E-state index contributed by atoms with van der Waals surface area (Å²) in [5, 5.41) is 4.36. The second-order valence-electron chi connectivity index (χ2n) is 4.59. The fourth-order valence-corrected chi connectivity index (χ4v) is 1.92. The SMILES string of the molecule is CC.CNC(=O)c1c(F)cc(F)c(F)c1Nc1ccc(C)cc1F. The van der Waals surface area contributed by atoms with Crippen molar-refractivity contribution in [2.75, 3.05) is 12.4 Å². The Labute approximate surface area is 137 Å². The number of carbonyl (C=O) groups is 1. The van der Waals surface area contributed by atoms with Crippen LogP contribution in [0.25, 0.3) is 0 Å². The van der Waals surface area contributed by atoms with Gasteiger partial charge in [0.25, 0.3) is 5.91 Å². The number of aryl methyl sites for hydroxylation is 1. The molecule has 0 saturated heterocycles. The molecule has 0 radical (unpaired) electrons. The number of benzene rings is 2. The van der Waals surface area contributed by atoms with Crippen LogP contribution in [0.1, 0.15) is 29.8 Å². The average Bonchev–Trinajstić information content (AvgIpc) is 2.56. The van der Waals surface area contributed by atoms with Crippen molar-refractivity contribution < 1.29 is 22.4 Å². The molecule has 0 bridgehead atoms. The van der Waals surface area contributed by atoms with Gasteiger partial charge in [-0.1, -0.05) is 19.9 Å². The van der Waals surface area contributed by atoms with Gasteiger partial charge in [-0.15, -0.1) is 0 Å². The molecule has 3 nitrogen and oxygen atoms in total. The van der Waals surface area contributed by atoms with Crippen LogP contribution < -0.4 is 10.6 Å². The van der Waals surface area contributed by atoms with E-state index in [9.17, 15) is 22.4 Å². The summed E-state index contributed by atoms with van der Waals surface area (Å²) >= 11 is 0. The Morgan fingerprint density at radius 2 is 1.58 bits per heavy atom. The van der Waals surface area contributed by atoms with Crippen molar-refractivity contribution in [3.63, 3.8) is 0 Å². The van der Waals surface area contributed by atoms with Gasteiger partial charge in [0.05, 0.1) is 11.4 Å². The van der Waals surface area contributed by atoms with Crippen molar-refractivity contribution in [2.45, 2.75) is 20.8 Å². The first-order valence-electron chi connectivity index (χ1n) is 7.28. The van der Waals surface area contributed by atoms with Crippen LogP contribution in [0.5, 0.6) is 0 Å². The maximum atomic E-state index is 13.9. The summed E-state index contributed by atoms with van der Waals surface area (Å²) in [7, 11) is 1.21. The van der Waals surface area contributed by atoms with Gasteiger partial charge < -0.3 is 10.6 Å². The largest absolute Gasteiger partial charge is 0.355 e. The van der Waals surface area contributed by atoms with Gasteiger partial charge in [0, 0.05) is 13.1 Å². The van der Waals surface area contributed by atoms with Crippen LogP contribution >= 0.6 is 0 Å². The first-order chi connectivity index (χ1) is 11.3. The lowest BCUT2D eigenvalue weighted by molar-refractivity contribution is 0.0959. The second kappa shape index (κ2) is 8.33. The first kappa shape index (κ1) is 19.5. The van der Waals surface area contributed by atoms with Gasteiger partial charge in [-0.3, -0.25) is 4.79 Å². The van der Waals surface area contributed by atoms with E-state index in [0.717, 1.165) is 6.07 Å². The highest BCUT2D eigenvalue weighted by Gasteiger charge is 2.24. The number of nitrogens with one attached hydrogen (secondary N) is 2. The van der Waals surface area contributed by atoms with Crippen LogP contribution in [0.3, 0.4) is 0 Å². The zero-order chi connectivity index (χ0) is 18.4. The highest BCUT2D eigenvalue weighted by Crippen LogP contribution is 2.30. The van der Waals surface area contributed by atoms with Crippen molar-refractivity contribution in [1.82, 2.24) is 5.32 Å². The number of carbonyl (C=O) groups excluding carboxylic acids is 1. The zero-order valence-electron chi connectivity index (χ0n) is 13.7. The van der Waals surface area contributed by atoms with Crippen LogP contribution in [0.4, 0.5) is 28.9 Å². The summed E-state index contributed by atoms with van der Waals surface area (Å²) in [6.45, 7) is 5.64. The minimum atomic E-state index is -1.49. The highest BCUT2D eigenvalue weighted by atomic mass is 19.2.